The van der Waals surface area contributed by atoms with E-state index in [1.165, 1.54) is 0 Å². The van der Waals surface area contributed by atoms with Crippen molar-refractivity contribution < 1.29 is 34.8 Å². The summed E-state index contributed by atoms with van der Waals surface area (Å²) in [6.07, 6.45) is -3.85. The standard InChI is InChI=1S/C9H15NO7/c1-4(12)10-8(7(15)3-11)5(13)2-6(14)9(16)17/h5,7-8,11,13,15H,2-3H2,1H3,(H,10,12)(H,16,17). The molecule has 98 valence electrons. The number of hydrogen-bond donors (Lipinski definition) is 5. The Balaban J connectivity index is 4.62. The molecule has 0 radical (unpaired) electrons. The second-order valence-corrected chi connectivity index (χ2v) is 3.48. The number of Topliss-reactive ketones (excluding diaryl/α,β-unsaturated/α-hetero) is 1. The number of aliphatic carboxylic acids is 1. The third-order valence-electron chi connectivity index (χ3n) is 2.02. The van der Waals surface area contributed by atoms with Crippen LogP contribution in [0.15, 0.2) is 0 Å². The Morgan fingerprint density at radius 2 is 1.71 bits per heavy atom. The van der Waals surface area contributed by atoms with Gasteiger partial charge in [0, 0.05) is 13.3 Å². The highest BCUT2D eigenvalue weighted by molar-refractivity contribution is 6.32. The van der Waals surface area contributed by atoms with Gasteiger partial charge in [-0.1, -0.05) is 0 Å². The minimum Gasteiger partial charge on any atom is -0.475 e. The topological polar surface area (TPSA) is 144 Å². The van der Waals surface area contributed by atoms with Crippen molar-refractivity contribution in [1.29, 1.82) is 0 Å². The molecule has 0 bridgehead atoms. The largest absolute Gasteiger partial charge is 0.475 e. The van der Waals surface area contributed by atoms with Gasteiger partial charge in [-0.15, -0.1) is 0 Å². The van der Waals surface area contributed by atoms with Gasteiger partial charge in [0.25, 0.3) is 0 Å². The Labute approximate surface area is 96.9 Å². The van der Waals surface area contributed by atoms with E-state index in [1.807, 2.05) is 0 Å². The van der Waals surface area contributed by atoms with Gasteiger partial charge in [-0.05, 0) is 0 Å². The summed E-state index contributed by atoms with van der Waals surface area (Å²) < 4.78 is 0. The summed E-state index contributed by atoms with van der Waals surface area (Å²) in [5.74, 6) is -3.56. The predicted molar refractivity (Wildman–Crippen MR) is 54.0 cm³/mol. The number of ketones is 1. The van der Waals surface area contributed by atoms with Crippen LogP contribution in [0.1, 0.15) is 13.3 Å². The van der Waals surface area contributed by atoms with Gasteiger partial charge >= 0.3 is 5.97 Å². The molecule has 0 aliphatic carbocycles. The third-order valence-corrected chi connectivity index (χ3v) is 2.02. The number of hydrogen-bond acceptors (Lipinski definition) is 6. The highest BCUT2D eigenvalue weighted by Crippen LogP contribution is 2.05. The van der Waals surface area contributed by atoms with Crippen molar-refractivity contribution >= 4 is 17.7 Å². The van der Waals surface area contributed by atoms with Gasteiger partial charge in [-0.3, -0.25) is 9.59 Å². The first-order valence-electron chi connectivity index (χ1n) is 4.79. The fourth-order valence-corrected chi connectivity index (χ4v) is 1.20. The summed E-state index contributed by atoms with van der Waals surface area (Å²) in [4.78, 5) is 31.9. The summed E-state index contributed by atoms with van der Waals surface area (Å²) in [5, 5.41) is 38.0. The van der Waals surface area contributed by atoms with Gasteiger partial charge in [-0.2, -0.15) is 0 Å². The molecule has 0 aromatic heterocycles. The lowest BCUT2D eigenvalue weighted by molar-refractivity contribution is -0.150. The zero-order valence-electron chi connectivity index (χ0n) is 9.16. The molecule has 3 unspecified atom stereocenters. The highest BCUT2D eigenvalue weighted by Gasteiger charge is 2.30. The first-order chi connectivity index (χ1) is 7.79. The summed E-state index contributed by atoms with van der Waals surface area (Å²) in [5.41, 5.74) is 0. The van der Waals surface area contributed by atoms with Crippen LogP contribution in [-0.4, -0.2) is 62.9 Å². The van der Waals surface area contributed by atoms with Gasteiger partial charge in [0.1, 0.15) is 0 Å². The van der Waals surface area contributed by atoms with Gasteiger partial charge in [0.2, 0.25) is 11.7 Å². The number of rotatable bonds is 7. The van der Waals surface area contributed by atoms with E-state index in [0.717, 1.165) is 6.92 Å². The zero-order chi connectivity index (χ0) is 13.6. The van der Waals surface area contributed by atoms with Crippen LogP contribution in [0.5, 0.6) is 0 Å². The molecule has 0 aromatic carbocycles. The molecule has 0 saturated heterocycles. The average molecular weight is 249 g/mol. The molecule has 0 aromatic rings. The molecule has 3 atom stereocenters. The van der Waals surface area contributed by atoms with Crippen molar-refractivity contribution in [2.45, 2.75) is 31.6 Å². The van der Waals surface area contributed by atoms with Crippen molar-refractivity contribution in [3.8, 4) is 0 Å². The third kappa shape index (κ3) is 5.38. The number of carbonyl (C=O) groups is 3. The number of amides is 1. The zero-order valence-corrected chi connectivity index (χ0v) is 9.16. The smallest absolute Gasteiger partial charge is 0.372 e. The second kappa shape index (κ2) is 6.94. The molecule has 5 N–H and O–H groups in total. The Hall–Kier alpha value is -1.51. The molecule has 0 aliphatic heterocycles. The molecule has 0 aliphatic rings. The van der Waals surface area contributed by atoms with Gasteiger partial charge in [0.05, 0.1) is 24.9 Å². The molecule has 0 heterocycles. The fourth-order valence-electron chi connectivity index (χ4n) is 1.20. The number of carboxylic acid groups (broad SMARTS) is 1. The van der Waals surface area contributed by atoms with Crippen molar-refractivity contribution in [3.05, 3.63) is 0 Å². The average Bonchev–Trinajstić information content (AvgIpc) is 2.24. The van der Waals surface area contributed by atoms with Gasteiger partial charge in [-0.25, -0.2) is 4.79 Å². The molecule has 0 fully saturated rings. The maximum absolute atomic E-state index is 10.8. The van der Waals surface area contributed by atoms with Crippen LogP contribution in [0, 0.1) is 0 Å². The van der Waals surface area contributed by atoms with Crippen LogP contribution in [0.2, 0.25) is 0 Å². The lowest BCUT2D eigenvalue weighted by Crippen LogP contribution is -2.52. The van der Waals surface area contributed by atoms with E-state index in [2.05, 4.69) is 5.32 Å². The second-order valence-electron chi connectivity index (χ2n) is 3.48. The highest BCUT2D eigenvalue weighted by atomic mass is 16.4. The van der Waals surface area contributed by atoms with E-state index >= 15 is 0 Å². The summed E-state index contributed by atoms with van der Waals surface area (Å²) in [6.45, 7) is 0.367. The molecule has 0 saturated carbocycles. The molecule has 8 heteroatoms. The first kappa shape index (κ1) is 15.5. The molecular weight excluding hydrogens is 234 g/mol. The SMILES string of the molecule is CC(=O)NC(C(O)CO)C(O)CC(=O)C(=O)O. The predicted octanol–water partition coefficient (Wildman–Crippen LogP) is -2.75. The Kier molecular flexibility index (Phi) is 6.33. The van der Waals surface area contributed by atoms with Crippen molar-refractivity contribution in [3.63, 3.8) is 0 Å². The lowest BCUT2D eigenvalue weighted by atomic mass is 10.0. The number of carboxylic acids is 1. The van der Waals surface area contributed by atoms with Crippen molar-refractivity contribution in [1.82, 2.24) is 5.32 Å². The van der Waals surface area contributed by atoms with Crippen LogP contribution in [-0.2, 0) is 14.4 Å². The number of aliphatic hydroxyl groups excluding tert-OH is 3. The summed E-state index contributed by atoms with van der Waals surface area (Å²) in [7, 11) is 0. The number of nitrogens with one attached hydrogen (secondary N) is 1. The van der Waals surface area contributed by atoms with E-state index in [9.17, 15) is 24.6 Å². The molecule has 1 amide bonds. The number of aliphatic hydroxyl groups is 3. The van der Waals surface area contributed by atoms with Crippen LogP contribution >= 0.6 is 0 Å². The van der Waals surface area contributed by atoms with E-state index < -0.39 is 48.9 Å². The summed E-state index contributed by atoms with van der Waals surface area (Å²) >= 11 is 0. The molecule has 0 spiro atoms. The maximum atomic E-state index is 10.8. The minimum atomic E-state index is -1.72. The first-order valence-corrected chi connectivity index (χ1v) is 4.79. The quantitative estimate of drug-likeness (QED) is 0.307. The minimum absolute atomic E-state index is 0.593. The molecular formula is C9H15NO7. The van der Waals surface area contributed by atoms with Crippen LogP contribution in [0.25, 0.3) is 0 Å². The van der Waals surface area contributed by atoms with Crippen molar-refractivity contribution in [2.75, 3.05) is 6.61 Å². The van der Waals surface area contributed by atoms with Gasteiger partial charge in [0.15, 0.2) is 0 Å². The maximum Gasteiger partial charge on any atom is 0.372 e. The van der Waals surface area contributed by atoms with Crippen LogP contribution < -0.4 is 5.32 Å². The molecule has 0 rings (SSSR count). The van der Waals surface area contributed by atoms with E-state index in [-0.39, 0.29) is 0 Å². The molecule has 8 nitrogen and oxygen atoms in total. The number of carbonyl (C=O) groups excluding carboxylic acids is 2. The van der Waals surface area contributed by atoms with Gasteiger partial charge < -0.3 is 25.7 Å². The van der Waals surface area contributed by atoms with Crippen molar-refractivity contribution in [2.24, 2.45) is 0 Å². The normalized spacial score (nSPS) is 15.8. The lowest BCUT2D eigenvalue weighted by Gasteiger charge is -2.26. The Morgan fingerprint density at radius 1 is 1.18 bits per heavy atom. The fraction of sp³-hybridized carbons (Fsp3) is 0.667. The van der Waals surface area contributed by atoms with E-state index in [4.69, 9.17) is 10.2 Å². The summed E-state index contributed by atoms with van der Waals surface area (Å²) in [6, 6.07) is -1.30. The van der Waals surface area contributed by atoms with E-state index in [1.54, 1.807) is 0 Å². The Bertz CT molecular complexity index is 304. The van der Waals surface area contributed by atoms with E-state index in [0.29, 0.717) is 0 Å². The molecule has 17 heavy (non-hydrogen) atoms. The van der Waals surface area contributed by atoms with Crippen LogP contribution in [0.4, 0.5) is 0 Å². The van der Waals surface area contributed by atoms with Crippen LogP contribution in [0.3, 0.4) is 0 Å². The monoisotopic (exact) mass is 249 g/mol. The Morgan fingerprint density at radius 3 is 2.06 bits per heavy atom.